The zero-order valence-electron chi connectivity index (χ0n) is 14.6. The van der Waals surface area contributed by atoms with Gasteiger partial charge in [-0.2, -0.15) is 0 Å². The number of nitrogens with one attached hydrogen (secondary N) is 1. The molecule has 2 atom stereocenters. The Morgan fingerprint density at radius 3 is 2.78 bits per heavy atom. The normalized spacial score (nSPS) is 21.2. The van der Waals surface area contributed by atoms with E-state index < -0.39 is 18.2 Å². The van der Waals surface area contributed by atoms with Crippen molar-refractivity contribution in [2.75, 3.05) is 5.32 Å². The summed E-state index contributed by atoms with van der Waals surface area (Å²) in [4.78, 5) is 38.9. The first-order valence-corrected chi connectivity index (χ1v) is 9.43. The number of ether oxygens (including phenoxy) is 1. The molecule has 0 aromatic heterocycles. The maximum atomic E-state index is 12.9. The lowest BCUT2D eigenvalue weighted by Crippen LogP contribution is -2.43. The van der Waals surface area contributed by atoms with Gasteiger partial charge in [0.15, 0.2) is 0 Å². The summed E-state index contributed by atoms with van der Waals surface area (Å²) in [5.74, 6) is -0.961. The highest BCUT2D eigenvalue weighted by Gasteiger charge is 2.46. The van der Waals surface area contributed by atoms with E-state index in [9.17, 15) is 14.4 Å². The molecule has 4 rings (SSSR count). The summed E-state index contributed by atoms with van der Waals surface area (Å²) in [5, 5.41) is 2.87. The largest absolute Gasteiger partial charge is 0.433 e. The highest BCUT2D eigenvalue weighted by atomic mass is 79.9. The molecule has 1 fully saturated rings. The Morgan fingerprint density at radius 1 is 1.22 bits per heavy atom. The van der Waals surface area contributed by atoms with E-state index in [4.69, 9.17) is 4.74 Å². The predicted molar refractivity (Wildman–Crippen MR) is 102 cm³/mol. The average molecular weight is 429 g/mol. The van der Waals surface area contributed by atoms with Crippen LogP contribution < -0.4 is 5.32 Å². The van der Waals surface area contributed by atoms with Crippen molar-refractivity contribution < 1.29 is 19.1 Å². The zero-order valence-corrected chi connectivity index (χ0v) is 16.2. The van der Waals surface area contributed by atoms with Gasteiger partial charge in [0.25, 0.3) is 0 Å². The predicted octanol–water partition coefficient (Wildman–Crippen LogP) is 3.56. The van der Waals surface area contributed by atoms with E-state index in [1.54, 1.807) is 30.3 Å². The number of aryl methyl sites for hydroxylation is 1. The third-order valence-corrected chi connectivity index (χ3v) is 5.79. The van der Waals surface area contributed by atoms with Crippen LogP contribution in [0.4, 0.5) is 5.69 Å². The summed E-state index contributed by atoms with van der Waals surface area (Å²) < 4.78 is 6.38. The van der Waals surface area contributed by atoms with Crippen LogP contribution in [0.1, 0.15) is 40.6 Å². The lowest BCUT2D eigenvalue weighted by Gasteiger charge is -2.29. The Kier molecular flexibility index (Phi) is 4.47. The molecule has 2 aliphatic heterocycles. The molecule has 138 valence electrons. The van der Waals surface area contributed by atoms with Crippen molar-refractivity contribution in [1.29, 1.82) is 0 Å². The minimum Gasteiger partial charge on any atom is -0.433 e. The number of fused-ring (bicyclic) bond motifs is 1. The first-order chi connectivity index (χ1) is 13.0. The number of esters is 1. The van der Waals surface area contributed by atoms with Crippen molar-refractivity contribution in [2.24, 2.45) is 0 Å². The van der Waals surface area contributed by atoms with E-state index in [0.717, 1.165) is 10.0 Å². The number of cyclic esters (lactones) is 1. The Bertz CT molecular complexity index is 959. The molecule has 0 aliphatic carbocycles. The molecule has 27 heavy (non-hydrogen) atoms. The number of hydrogen-bond acceptors (Lipinski definition) is 4. The topological polar surface area (TPSA) is 75.7 Å². The molecular formula is C20H17BrN2O4. The van der Waals surface area contributed by atoms with Crippen molar-refractivity contribution in [3.8, 4) is 0 Å². The van der Waals surface area contributed by atoms with Gasteiger partial charge in [-0.05, 0) is 43.2 Å². The second kappa shape index (κ2) is 6.81. The number of nitrogens with zero attached hydrogens (tertiary/aromatic N) is 1. The van der Waals surface area contributed by atoms with Gasteiger partial charge in [0.1, 0.15) is 6.04 Å². The molecule has 6 nitrogen and oxygen atoms in total. The van der Waals surface area contributed by atoms with Crippen LogP contribution in [0.15, 0.2) is 46.9 Å². The van der Waals surface area contributed by atoms with E-state index in [1.165, 1.54) is 4.90 Å². The van der Waals surface area contributed by atoms with Crippen LogP contribution in [-0.4, -0.2) is 28.7 Å². The average Bonchev–Trinajstić information content (AvgIpc) is 3.19. The lowest BCUT2D eigenvalue weighted by atomic mass is 10.1. The molecule has 2 aliphatic rings. The molecule has 2 amide bonds. The van der Waals surface area contributed by atoms with Crippen LogP contribution >= 0.6 is 15.9 Å². The Hall–Kier alpha value is -2.67. The highest BCUT2D eigenvalue weighted by Crippen LogP contribution is 2.38. The molecule has 7 heteroatoms. The number of anilines is 1. The number of hydrogen-bond donors (Lipinski definition) is 1. The third-order valence-electron chi connectivity index (χ3n) is 4.90. The zero-order chi connectivity index (χ0) is 19.1. The Morgan fingerprint density at radius 2 is 2.00 bits per heavy atom. The summed E-state index contributed by atoms with van der Waals surface area (Å²) in [6.45, 7) is 1.93. The minimum absolute atomic E-state index is 0.198. The fourth-order valence-corrected chi connectivity index (χ4v) is 3.78. The Balaban J connectivity index is 1.59. The van der Waals surface area contributed by atoms with Gasteiger partial charge in [-0.15, -0.1) is 0 Å². The van der Waals surface area contributed by atoms with E-state index in [1.807, 2.05) is 19.1 Å². The first kappa shape index (κ1) is 17.7. The van der Waals surface area contributed by atoms with Crippen molar-refractivity contribution in [2.45, 2.75) is 32.0 Å². The van der Waals surface area contributed by atoms with Crippen LogP contribution in [0.25, 0.3) is 0 Å². The highest BCUT2D eigenvalue weighted by molar-refractivity contribution is 9.10. The van der Waals surface area contributed by atoms with Gasteiger partial charge in [-0.1, -0.05) is 34.1 Å². The summed E-state index contributed by atoms with van der Waals surface area (Å²) in [6, 6.07) is 11.8. The molecule has 0 bridgehead atoms. The van der Waals surface area contributed by atoms with Gasteiger partial charge in [0, 0.05) is 22.1 Å². The van der Waals surface area contributed by atoms with Crippen LogP contribution in [0.5, 0.6) is 0 Å². The smallest absolute Gasteiger partial charge is 0.340 e. The van der Waals surface area contributed by atoms with E-state index in [-0.39, 0.29) is 18.2 Å². The second-order valence-electron chi connectivity index (χ2n) is 6.65. The summed E-state index contributed by atoms with van der Waals surface area (Å²) in [6.07, 6.45) is -0.226. The maximum Gasteiger partial charge on any atom is 0.340 e. The number of likely N-dealkylation sites (tertiary alicyclic amines) is 1. The number of amides is 2. The number of rotatable bonds is 3. The molecule has 1 saturated heterocycles. The van der Waals surface area contributed by atoms with Crippen LogP contribution in [0.3, 0.4) is 0 Å². The van der Waals surface area contributed by atoms with E-state index in [0.29, 0.717) is 23.2 Å². The standard InChI is InChI=1S/C20H17BrN2O4/c1-11-10-12(6-7-15(11)21)22-18(25)16-8-9-17(24)23(16)19-13-4-2-3-5-14(13)20(26)27-19/h2-7,10,16,19H,8-9H2,1H3,(H,22,25)/t16-,19?/m0/s1. The lowest BCUT2D eigenvalue weighted by molar-refractivity contribution is -0.144. The molecule has 2 aromatic rings. The molecular weight excluding hydrogens is 412 g/mol. The molecule has 0 saturated carbocycles. The number of benzene rings is 2. The van der Waals surface area contributed by atoms with Crippen molar-refractivity contribution in [3.05, 3.63) is 63.6 Å². The van der Waals surface area contributed by atoms with Gasteiger partial charge in [0.2, 0.25) is 18.0 Å². The second-order valence-corrected chi connectivity index (χ2v) is 7.51. The Labute approximate surface area is 164 Å². The van der Waals surface area contributed by atoms with Gasteiger partial charge in [-0.25, -0.2) is 4.79 Å². The molecule has 1 unspecified atom stereocenters. The monoisotopic (exact) mass is 428 g/mol. The number of halogens is 1. The van der Waals surface area contributed by atoms with Crippen LogP contribution in [0, 0.1) is 6.92 Å². The van der Waals surface area contributed by atoms with Gasteiger partial charge in [0.05, 0.1) is 5.56 Å². The minimum atomic E-state index is -0.855. The van der Waals surface area contributed by atoms with E-state index >= 15 is 0 Å². The summed E-state index contributed by atoms with van der Waals surface area (Å²) in [7, 11) is 0. The fraction of sp³-hybridized carbons (Fsp3) is 0.250. The summed E-state index contributed by atoms with van der Waals surface area (Å²) in [5.41, 5.74) is 2.70. The molecule has 0 spiro atoms. The molecule has 0 radical (unpaired) electrons. The summed E-state index contributed by atoms with van der Waals surface area (Å²) >= 11 is 3.43. The van der Waals surface area contributed by atoms with Gasteiger partial charge >= 0.3 is 5.97 Å². The van der Waals surface area contributed by atoms with Gasteiger partial charge < -0.3 is 10.1 Å². The maximum absolute atomic E-state index is 12.9. The van der Waals surface area contributed by atoms with Crippen molar-refractivity contribution in [1.82, 2.24) is 4.90 Å². The van der Waals surface area contributed by atoms with Crippen molar-refractivity contribution in [3.63, 3.8) is 0 Å². The van der Waals surface area contributed by atoms with Gasteiger partial charge in [-0.3, -0.25) is 14.5 Å². The fourth-order valence-electron chi connectivity index (χ4n) is 3.54. The SMILES string of the molecule is Cc1cc(NC(=O)[C@@H]2CCC(=O)N2C2OC(=O)c3ccccc32)ccc1Br. The van der Waals surface area contributed by atoms with Crippen LogP contribution in [-0.2, 0) is 14.3 Å². The molecule has 2 heterocycles. The van der Waals surface area contributed by atoms with Crippen LogP contribution in [0.2, 0.25) is 0 Å². The molecule has 2 aromatic carbocycles. The molecule has 1 N–H and O–H groups in total. The third kappa shape index (κ3) is 3.12. The van der Waals surface area contributed by atoms with E-state index in [2.05, 4.69) is 21.2 Å². The van der Waals surface area contributed by atoms with Crippen molar-refractivity contribution >= 4 is 39.4 Å². The number of carbonyl (C=O) groups excluding carboxylic acids is 3. The number of carbonyl (C=O) groups is 3. The quantitative estimate of drug-likeness (QED) is 0.758. The first-order valence-electron chi connectivity index (χ1n) is 8.64.